The number of rotatable bonds is 5. The molecule has 2 heterocycles. The van der Waals surface area contributed by atoms with Crippen LogP contribution in [0.2, 0.25) is 0 Å². The third-order valence-corrected chi connectivity index (χ3v) is 5.38. The lowest BCUT2D eigenvalue weighted by atomic mass is 10.0. The van der Waals surface area contributed by atoms with Gasteiger partial charge in [-0.1, -0.05) is 30.3 Å². The Morgan fingerprint density at radius 2 is 1.90 bits per heavy atom. The van der Waals surface area contributed by atoms with E-state index < -0.39 is 17.6 Å². The number of esters is 1. The third-order valence-electron chi connectivity index (χ3n) is 5.38. The van der Waals surface area contributed by atoms with Gasteiger partial charge in [-0.15, -0.1) is 0 Å². The van der Waals surface area contributed by atoms with Crippen molar-refractivity contribution in [2.75, 3.05) is 13.1 Å². The molecule has 1 unspecified atom stereocenters. The van der Waals surface area contributed by atoms with Crippen LogP contribution in [0, 0.1) is 0 Å². The highest BCUT2D eigenvalue weighted by molar-refractivity contribution is 5.85. The summed E-state index contributed by atoms with van der Waals surface area (Å²) in [7, 11) is 0. The lowest BCUT2D eigenvalue weighted by Crippen LogP contribution is -2.64. The highest BCUT2D eigenvalue weighted by Gasteiger charge is 2.43. The normalized spacial score (nSPS) is 22.8. The molecule has 0 aromatic heterocycles. The van der Waals surface area contributed by atoms with Crippen molar-refractivity contribution in [1.29, 1.82) is 0 Å². The van der Waals surface area contributed by atoms with Crippen LogP contribution in [0.25, 0.3) is 0 Å². The van der Waals surface area contributed by atoms with Gasteiger partial charge in [-0.05, 0) is 45.6 Å². The third kappa shape index (κ3) is 6.05. The van der Waals surface area contributed by atoms with Gasteiger partial charge < -0.3 is 10.1 Å². The Morgan fingerprint density at radius 3 is 2.60 bits per heavy atom. The van der Waals surface area contributed by atoms with Crippen LogP contribution in [-0.4, -0.2) is 58.6 Å². The number of hydrogen-bond donors (Lipinski definition) is 1. The molecule has 1 aromatic carbocycles. The molecule has 1 N–H and O–H groups in total. The summed E-state index contributed by atoms with van der Waals surface area (Å²) >= 11 is 0. The summed E-state index contributed by atoms with van der Waals surface area (Å²) in [6.45, 7) is 6.68. The number of carbonyl (C=O) groups is 3. The number of amides is 2. The molecule has 2 atom stereocenters. The SMILES string of the molecule is CC(C)(C)OC(=O)[C@@H]1CC(NC(=O)CCc2ccccc2)CN2CCCCC(=O)N12. The van der Waals surface area contributed by atoms with Crippen LogP contribution in [0.4, 0.5) is 0 Å². The number of nitrogens with one attached hydrogen (secondary N) is 1. The second kappa shape index (κ2) is 9.60. The molecular formula is C23H33N3O4. The zero-order chi connectivity index (χ0) is 21.7. The Kier molecular flexibility index (Phi) is 7.13. The Balaban J connectivity index is 1.67. The molecule has 2 saturated heterocycles. The first kappa shape index (κ1) is 22.3. The van der Waals surface area contributed by atoms with E-state index in [1.54, 1.807) is 5.01 Å². The van der Waals surface area contributed by atoms with Gasteiger partial charge >= 0.3 is 5.97 Å². The summed E-state index contributed by atoms with van der Waals surface area (Å²) in [5, 5.41) is 6.60. The monoisotopic (exact) mass is 415 g/mol. The molecule has 0 spiro atoms. The van der Waals surface area contributed by atoms with E-state index in [0.717, 1.165) is 18.4 Å². The van der Waals surface area contributed by atoms with Gasteiger partial charge in [0.2, 0.25) is 11.8 Å². The van der Waals surface area contributed by atoms with Crippen LogP contribution < -0.4 is 5.32 Å². The second-order valence-electron chi connectivity index (χ2n) is 9.14. The number of aryl methyl sites for hydroxylation is 1. The molecule has 2 aliphatic heterocycles. The molecule has 0 bridgehead atoms. The van der Waals surface area contributed by atoms with Crippen molar-refractivity contribution in [3.05, 3.63) is 35.9 Å². The summed E-state index contributed by atoms with van der Waals surface area (Å²) in [6.07, 6.45) is 3.56. The molecule has 3 rings (SSSR count). The second-order valence-corrected chi connectivity index (χ2v) is 9.14. The fourth-order valence-electron chi connectivity index (χ4n) is 4.07. The molecule has 2 amide bonds. The van der Waals surface area contributed by atoms with E-state index in [0.29, 0.717) is 38.8 Å². The molecule has 1 aromatic rings. The zero-order valence-corrected chi connectivity index (χ0v) is 18.2. The van der Waals surface area contributed by atoms with Gasteiger partial charge in [0.25, 0.3) is 0 Å². The molecule has 0 aliphatic carbocycles. The standard InChI is InChI=1S/C23H33N3O4/c1-23(2,3)30-22(29)19-15-18(16-25-14-8-7-11-21(28)26(19)25)24-20(27)13-12-17-9-5-4-6-10-17/h4-6,9-10,18-19H,7-8,11-16H2,1-3H3,(H,24,27)/t18?,19-/m0/s1. The number of fused-ring (bicyclic) bond motifs is 1. The first-order chi connectivity index (χ1) is 14.2. The predicted molar refractivity (Wildman–Crippen MR) is 113 cm³/mol. The molecule has 7 heteroatoms. The van der Waals surface area contributed by atoms with Crippen LogP contribution in [0.5, 0.6) is 0 Å². The zero-order valence-electron chi connectivity index (χ0n) is 18.2. The lowest BCUT2D eigenvalue weighted by Gasteiger charge is -2.45. The number of hydrogen-bond acceptors (Lipinski definition) is 5. The fourth-order valence-corrected chi connectivity index (χ4v) is 4.07. The Morgan fingerprint density at radius 1 is 1.17 bits per heavy atom. The van der Waals surface area contributed by atoms with Crippen LogP contribution in [-0.2, 0) is 25.5 Å². The summed E-state index contributed by atoms with van der Waals surface area (Å²) in [4.78, 5) is 38.2. The first-order valence-corrected chi connectivity index (χ1v) is 10.9. The van der Waals surface area contributed by atoms with Crippen LogP contribution in [0.3, 0.4) is 0 Å². The van der Waals surface area contributed by atoms with Crippen molar-refractivity contribution < 1.29 is 19.1 Å². The summed E-state index contributed by atoms with van der Waals surface area (Å²) in [6, 6.07) is 8.99. The predicted octanol–water partition coefficient (Wildman–Crippen LogP) is 2.45. The minimum atomic E-state index is -0.706. The quantitative estimate of drug-likeness (QED) is 0.748. The highest BCUT2D eigenvalue weighted by atomic mass is 16.6. The molecule has 30 heavy (non-hydrogen) atoms. The van der Waals surface area contributed by atoms with E-state index in [9.17, 15) is 14.4 Å². The van der Waals surface area contributed by atoms with Crippen molar-refractivity contribution in [3.8, 4) is 0 Å². The van der Waals surface area contributed by atoms with Gasteiger partial charge in [-0.2, -0.15) is 0 Å². The van der Waals surface area contributed by atoms with Crippen molar-refractivity contribution in [1.82, 2.24) is 15.3 Å². The highest BCUT2D eigenvalue weighted by Crippen LogP contribution is 2.26. The smallest absolute Gasteiger partial charge is 0.331 e. The minimum Gasteiger partial charge on any atom is -0.458 e. The van der Waals surface area contributed by atoms with Crippen LogP contribution in [0.15, 0.2) is 30.3 Å². The fraction of sp³-hybridized carbons (Fsp3) is 0.609. The Labute approximate surface area is 178 Å². The number of hydrazine groups is 1. The largest absolute Gasteiger partial charge is 0.458 e. The van der Waals surface area contributed by atoms with E-state index in [-0.39, 0.29) is 17.9 Å². The molecule has 7 nitrogen and oxygen atoms in total. The average molecular weight is 416 g/mol. The van der Waals surface area contributed by atoms with Gasteiger partial charge in [-0.25, -0.2) is 9.80 Å². The molecule has 164 valence electrons. The van der Waals surface area contributed by atoms with Gasteiger partial charge in [0.1, 0.15) is 11.6 Å². The molecule has 2 aliphatic rings. The maximum absolute atomic E-state index is 12.9. The molecule has 0 radical (unpaired) electrons. The van der Waals surface area contributed by atoms with E-state index in [1.165, 1.54) is 0 Å². The Bertz CT molecular complexity index is 759. The number of nitrogens with zero attached hydrogens (tertiary/aromatic N) is 2. The maximum atomic E-state index is 12.9. The lowest BCUT2D eigenvalue weighted by molar-refractivity contribution is -0.185. The van der Waals surface area contributed by atoms with Gasteiger partial charge in [-0.3, -0.25) is 14.6 Å². The molecule has 0 saturated carbocycles. The Hall–Kier alpha value is -2.41. The van der Waals surface area contributed by atoms with Gasteiger partial charge in [0, 0.05) is 38.4 Å². The van der Waals surface area contributed by atoms with E-state index in [2.05, 4.69) is 5.32 Å². The van der Waals surface area contributed by atoms with Crippen molar-refractivity contribution >= 4 is 17.8 Å². The minimum absolute atomic E-state index is 0.0404. The maximum Gasteiger partial charge on any atom is 0.331 e. The number of benzene rings is 1. The van der Waals surface area contributed by atoms with E-state index in [4.69, 9.17) is 4.74 Å². The number of carbonyl (C=O) groups excluding carboxylic acids is 3. The van der Waals surface area contributed by atoms with Crippen LogP contribution >= 0.6 is 0 Å². The van der Waals surface area contributed by atoms with Crippen molar-refractivity contribution in [2.24, 2.45) is 0 Å². The van der Waals surface area contributed by atoms with E-state index >= 15 is 0 Å². The van der Waals surface area contributed by atoms with Gasteiger partial charge in [0.05, 0.1) is 0 Å². The summed E-state index contributed by atoms with van der Waals surface area (Å²) < 4.78 is 5.60. The summed E-state index contributed by atoms with van der Waals surface area (Å²) in [5.41, 5.74) is 0.482. The molecule has 2 fully saturated rings. The van der Waals surface area contributed by atoms with Gasteiger partial charge in [0.15, 0.2) is 0 Å². The summed E-state index contributed by atoms with van der Waals surface area (Å²) in [5.74, 6) is -0.496. The first-order valence-electron chi connectivity index (χ1n) is 10.9. The van der Waals surface area contributed by atoms with E-state index in [1.807, 2.05) is 56.1 Å². The topological polar surface area (TPSA) is 79.0 Å². The van der Waals surface area contributed by atoms with Crippen LogP contribution in [0.1, 0.15) is 58.4 Å². The number of ether oxygens (including phenoxy) is 1. The molecular weight excluding hydrogens is 382 g/mol. The van der Waals surface area contributed by atoms with Crippen molar-refractivity contribution in [2.45, 2.75) is 77.0 Å². The van der Waals surface area contributed by atoms with Crippen molar-refractivity contribution in [3.63, 3.8) is 0 Å². The average Bonchev–Trinajstić information content (AvgIpc) is 2.87.